The van der Waals surface area contributed by atoms with E-state index >= 15 is 0 Å². The molecule has 2 atom stereocenters. The molecule has 2 unspecified atom stereocenters. The van der Waals surface area contributed by atoms with Crippen LogP contribution in [-0.4, -0.2) is 22.5 Å². The largest absolute Gasteiger partial charge is 0.460 e. The van der Waals surface area contributed by atoms with Gasteiger partial charge < -0.3 is 9.72 Å². The zero-order valence-electron chi connectivity index (χ0n) is 9.66. The van der Waals surface area contributed by atoms with Gasteiger partial charge >= 0.3 is 5.97 Å². The molecule has 17 heavy (non-hydrogen) atoms. The van der Waals surface area contributed by atoms with Crippen LogP contribution in [0.25, 0.3) is 0 Å². The zero-order valence-corrected chi connectivity index (χ0v) is 9.66. The van der Waals surface area contributed by atoms with Gasteiger partial charge in [0.15, 0.2) is 0 Å². The Balaban J connectivity index is 2.06. The Kier molecular flexibility index (Phi) is 2.28. The summed E-state index contributed by atoms with van der Waals surface area (Å²) >= 11 is 0. The van der Waals surface area contributed by atoms with Crippen molar-refractivity contribution in [1.29, 1.82) is 0 Å². The second-order valence-corrected chi connectivity index (χ2v) is 4.64. The molecule has 5 heteroatoms. The number of fused-ring (bicyclic) bond motifs is 5. The number of carbonyl (C=O) groups excluding carboxylic acids is 1. The number of carbonyl (C=O) groups is 1. The van der Waals surface area contributed by atoms with Gasteiger partial charge in [0.25, 0.3) is 5.56 Å². The summed E-state index contributed by atoms with van der Waals surface area (Å²) in [6.45, 7) is 2.01. The highest BCUT2D eigenvalue weighted by molar-refractivity contribution is 5.85. The third-order valence-electron chi connectivity index (χ3n) is 3.68. The molecule has 0 aliphatic heterocycles. The van der Waals surface area contributed by atoms with E-state index in [9.17, 15) is 9.59 Å². The van der Waals surface area contributed by atoms with Crippen molar-refractivity contribution < 1.29 is 9.53 Å². The zero-order chi connectivity index (χ0) is 12.0. The van der Waals surface area contributed by atoms with Crippen LogP contribution in [0, 0.1) is 0 Å². The molecule has 2 aliphatic rings. The van der Waals surface area contributed by atoms with E-state index in [-0.39, 0.29) is 18.0 Å². The number of nitrogens with one attached hydrogen (secondary N) is 1. The quantitative estimate of drug-likeness (QED) is 0.783. The van der Waals surface area contributed by atoms with Crippen molar-refractivity contribution in [1.82, 2.24) is 9.97 Å². The van der Waals surface area contributed by atoms with E-state index in [0.29, 0.717) is 11.8 Å². The lowest BCUT2D eigenvalue weighted by Gasteiger charge is -2.13. The van der Waals surface area contributed by atoms with Crippen LogP contribution >= 0.6 is 0 Å². The summed E-state index contributed by atoms with van der Waals surface area (Å²) < 4.78 is 4.85. The fraction of sp³-hybridized carbons (Fsp3) is 0.583. The van der Waals surface area contributed by atoms with Gasteiger partial charge in [0.1, 0.15) is 0 Å². The molecule has 2 bridgehead atoms. The predicted molar refractivity (Wildman–Crippen MR) is 60.1 cm³/mol. The molecule has 0 saturated heterocycles. The van der Waals surface area contributed by atoms with E-state index in [1.54, 1.807) is 6.92 Å². The minimum atomic E-state index is -0.546. The van der Waals surface area contributed by atoms with Crippen molar-refractivity contribution in [3.63, 3.8) is 0 Å². The molecule has 0 spiro atoms. The molecule has 0 amide bonds. The van der Waals surface area contributed by atoms with Crippen LogP contribution in [0.15, 0.2) is 4.79 Å². The second kappa shape index (κ2) is 3.68. The fourth-order valence-electron chi connectivity index (χ4n) is 2.99. The van der Waals surface area contributed by atoms with Crippen LogP contribution in [0.5, 0.6) is 0 Å². The molecule has 1 N–H and O–H groups in total. The number of H-pyrrole nitrogens is 1. The van der Waals surface area contributed by atoms with Crippen LogP contribution in [0.4, 0.5) is 0 Å². The van der Waals surface area contributed by atoms with Gasteiger partial charge in [-0.2, -0.15) is 0 Å². The molecule has 90 valence electrons. The van der Waals surface area contributed by atoms with Gasteiger partial charge in [-0.1, -0.05) is 0 Å². The third kappa shape index (κ3) is 1.49. The maximum absolute atomic E-state index is 11.9. The first-order valence-electron chi connectivity index (χ1n) is 6.02. The van der Waals surface area contributed by atoms with Crippen molar-refractivity contribution >= 4 is 5.97 Å². The van der Waals surface area contributed by atoms with E-state index in [4.69, 9.17) is 4.74 Å². The average Bonchev–Trinajstić information content (AvgIpc) is 2.90. The first-order chi connectivity index (χ1) is 8.20. The molecule has 1 fully saturated rings. The minimum absolute atomic E-state index is 0.0446. The molecular formula is C12H14N2O3. The predicted octanol–water partition coefficient (Wildman–Crippen LogP) is 1.31. The van der Waals surface area contributed by atoms with Crippen LogP contribution in [0.1, 0.15) is 59.9 Å². The Morgan fingerprint density at radius 3 is 3.00 bits per heavy atom. The van der Waals surface area contributed by atoms with E-state index in [0.717, 1.165) is 30.5 Å². The molecule has 5 nitrogen and oxygen atoms in total. The first-order valence-corrected chi connectivity index (χ1v) is 6.02. The molecular weight excluding hydrogens is 220 g/mol. The summed E-state index contributed by atoms with van der Waals surface area (Å²) in [7, 11) is 0. The van der Waals surface area contributed by atoms with Gasteiger partial charge in [-0.05, 0) is 32.1 Å². The maximum atomic E-state index is 11.9. The Morgan fingerprint density at radius 2 is 2.24 bits per heavy atom. The number of hydrogen-bond donors (Lipinski definition) is 1. The van der Waals surface area contributed by atoms with Crippen LogP contribution in [0.2, 0.25) is 0 Å². The average molecular weight is 234 g/mol. The van der Waals surface area contributed by atoms with Gasteiger partial charge in [0.05, 0.1) is 12.3 Å². The number of nitrogens with zero attached hydrogens (tertiary/aromatic N) is 1. The van der Waals surface area contributed by atoms with Crippen molar-refractivity contribution in [2.75, 3.05) is 6.61 Å². The summed E-state index contributed by atoms with van der Waals surface area (Å²) in [5, 5.41) is 0. The van der Waals surface area contributed by atoms with Crippen LogP contribution in [0.3, 0.4) is 0 Å². The number of hydrogen-bond acceptors (Lipinski definition) is 4. The summed E-state index contributed by atoms with van der Waals surface area (Å²) in [4.78, 5) is 30.3. The minimum Gasteiger partial charge on any atom is -0.460 e. The second-order valence-electron chi connectivity index (χ2n) is 4.64. The number of esters is 1. The molecule has 0 radical (unpaired) electrons. The Hall–Kier alpha value is -1.65. The number of aromatic amines is 1. The highest BCUT2D eigenvalue weighted by Gasteiger charge is 2.40. The SMILES string of the molecule is CCOC(=O)c1nc2c(c(=O)[nH]1)C1CCC2C1. The van der Waals surface area contributed by atoms with E-state index in [1.807, 2.05) is 0 Å². The number of ether oxygens (including phenoxy) is 1. The van der Waals surface area contributed by atoms with E-state index in [1.165, 1.54) is 0 Å². The number of rotatable bonds is 2. The van der Waals surface area contributed by atoms with Crippen LogP contribution in [-0.2, 0) is 4.74 Å². The lowest BCUT2D eigenvalue weighted by Crippen LogP contribution is -2.24. The Bertz CT molecular complexity index is 535. The first kappa shape index (κ1) is 10.5. The van der Waals surface area contributed by atoms with Crippen LogP contribution < -0.4 is 5.56 Å². The Labute approximate surface area is 98.2 Å². The topological polar surface area (TPSA) is 72.0 Å². The summed E-state index contributed by atoms with van der Waals surface area (Å²) in [6.07, 6.45) is 3.16. The Morgan fingerprint density at radius 1 is 1.47 bits per heavy atom. The normalized spacial score (nSPS) is 24.8. The summed E-state index contributed by atoms with van der Waals surface area (Å²) in [6, 6.07) is 0. The van der Waals surface area contributed by atoms with Gasteiger partial charge in [0.2, 0.25) is 5.82 Å². The monoisotopic (exact) mass is 234 g/mol. The van der Waals surface area contributed by atoms with Crippen molar-refractivity contribution in [3.8, 4) is 0 Å². The van der Waals surface area contributed by atoms with Crippen molar-refractivity contribution in [3.05, 3.63) is 27.4 Å². The fourth-order valence-corrected chi connectivity index (χ4v) is 2.99. The van der Waals surface area contributed by atoms with Crippen molar-refractivity contribution in [2.45, 2.75) is 38.0 Å². The van der Waals surface area contributed by atoms with Gasteiger partial charge in [-0.15, -0.1) is 0 Å². The third-order valence-corrected chi connectivity index (χ3v) is 3.68. The highest BCUT2D eigenvalue weighted by Crippen LogP contribution is 2.50. The number of aromatic nitrogens is 2. The van der Waals surface area contributed by atoms with Gasteiger partial charge in [-0.3, -0.25) is 4.79 Å². The molecule has 0 aromatic carbocycles. The summed E-state index contributed by atoms with van der Waals surface area (Å²) in [5.74, 6) is 0.214. The van der Waals surface area contributed by atoms with Gasteiger partial charge in [0, 0.05) is 11.5 Å². The standard InChI is InChI=1S/C12H14N2O3/c1-2-17-12(16)10-13-9-7-4-3-6(5-7)8(9)11(15)14-10/h6-7H,2-5H2,1H3,(H,13,14,15). The van der Waals surface area contributed by atoms with Gasteiger partial charge in [-0.25, -0.2) is 9.78 Å². The highest BCUT2D eigenvalue weighted by atomic mass is 16.5. The molecule has 1 aromatic rings. The molecule has 1 saturated carbocycles. The molecule has 3 rings (SSSR count). The maximum Gasteiger partial charge on any atom is 0.374 e. The summed E-state index contributed by atoms with van der Waals surface area (Å²) in [5.41, 5.74) is 1.47. The molecule has 1 aromatic heterocycles. The molecule has 2 aliphatic carbocycles. The lowest BCUT2D eigenvalue weighted by molar-refractivity contribution is 0.0511. The smallest absolute Gasteiger partial charge is 0.374 e. The van der Waals surface area contributed by atoms with E-state index < -0.39 is 5.97 Å². The lowest BCUT2D eigenvalue weighted by atomic mass is 9.97. The van der Waals surface area contributed by atoms with Crippen molar-refractivity contribution in [2.24, 2.45) is 0 Å². The molecule has 1 heterocycles. The van der Waals surface area contributed by atoms with E-state index in [2.05, 4.69) is 9.97 Å².